The van der Waals surface area contributed by atoms with Crippen molar-refractivity contribution in [2.24, 2.45) is 0 Å². The van der Waals surface area contributed by atoms with Crippen molar-refractivity contribution in [1.29, 1.82) is 0 Å². The Morgan fingerprint density at radius 1 is 1.09 bits per heavy atom. The number of carbonyl (C=O) groups is 2. The van der Waals surface area contributed by atoms with Gasteiger partial charge < -0.3 is 20.5 Å². The molecule has 33 heavy (non-hydrogen) atoms. The minimum Gasteiger partial charge on any atom is -0.489 e. The molecular formula is C24H20FN3O4S. The number of nitrogens with zero attached hydrogens (tertiary/aromatic N) is 1. The predicted octanol–water partition coefficient (Wildman–Crippen LogP) is 3.99. The lowest BCUT2D eigenvalue weighted by molar-refractivity contribution is 0.0945. The first-order valence-electron chi connectivity index (χ1n) is 10.1. The number of hydrogen-bond acceptors (Lipinski definition) is 6. The topological polar surface area (TPSA) is 101 Å². The molecule has 4 aromatic rings. The van der Waals surface area contributed by atoms with E-state index in [2.05, 4.69) is 15.6 Å². The first-order valence-corrected chi connectivity index (χ1v) is 11.0. The van der Waals surface area contributed by atoms with Gasteiger partial charge in [-0.05, 0) is 41.8 Å². The van der Waals surface area contributed by atoms with E-state index in [-0.39, 0.29) is 31.6 Å². The summed E-state index contributed by atoms with van der Waals surface area (Å²) in [6, 6.07) is 12.3. The number of anilines is 1. The average molecular weight is 466 g/mol. The number of benzene rings is 2. The number of ether oxygens (including phenoxy) is 1. The van der Waals surface area contributed by atoms with Crippen LogP contribution < -0.4 is 15.4 Å². The summed E-state index contributed by atoms with van der Waals surface area (Å²) in [5, 5.41) is 17.0. The molecule has 0 fully saturated rings. The molecule has 0 saturated heterocycles. The van der Waals surface area contributed by atoms with E-state index < -0.39 is 5.82 Å². The lowest BCUT2D eigenvalue weighted by atomic mass is 10.1. The molecule has 0 atom stereocenters. The Labute approximate surface area is 192 Å². The molecule has 2 aromatic heterocycles. The van der Waals surface area contributed by atoms with Crippen LogP contribution in [-0.2, 0) is 6.61 Å². The first-order chi connectivity index (χ1) is 16.0. The molecule has 0 aliphatic rings. The van der Waals surface area contributed by atoms with Gasteiger partial charge >= 0.3 is 0 Å². The minimum absolute atomic E-state index is 0.137. The number of amides is 2. The van der Waals surface area contributed by atoms with E-state index in [9.17, 15) is 14.0 Å². The van der Waals surface area contributed by atoms with Crippen LogP contribution in [0.4, 0.5) is 10.1 Å². The second kappa shape index (κ2) is 10.2. The highest BCUT2D eigenvalue weighted by atomic mass is 32.1. The van der Waals surface area contributed by atoms with Gasteiger partial charge in [-0.1, -0.05) is 6.07 Å². The largest absolute Gasteiger partial charge is 0.489 e. The molecule has 9 heteroatoms. The van der Waals surface area contributed by atoms with Crippen LogP contribution in [-0.4, -0.2) is 35.1 Å². The van der Waals surface area contributed by atoms with Gasteiger partial charge in [0.2, 0.25) is 0 Å². The van der Waals surface area contributed by atoms with Crippen molar-refractivity contribution < 1.29 is 23.8 Å². The number of halogens is 1. The Hall–Kier alpha value is -3.82. The normalized spacial score (nSPS) is 10.7. The Balaban J connectivity index is 1.45. The third kappa shape index (κ3) is 5.33. The fourth-order valence-corrected chi connectivity index (χ4v) is 4.20. The summed E-state index contributed by atoms with van der Waals surface area (Å²) in [7, 11) is 0. The van der Waals surface area contributed by atoms with Crippen molar-refractivity contribution in [2.75, 3.05) is 18.5 Å². The van der Waals surface area contributed by atoms with E-state index in [4.69, 9.17) is 9.84 Å². The molecule has 0 radical (unpaired) electrons. The van der Waals surface area contributed by atoms with Crippen LogP contribution >= 0.6 is 11.3 Å². The Morgan fingerprint density at radius 2 is 1.91 bits per heavy atom. The number of pyridine rings is 1. The van der Waals surface area contributed by atoms with Crippen molar-refractivity contribution in [3.63, 3.8) is 0 Å². The lowest BCUT2D eigenvalue weighted by Crippen LogP contribution is -2.26. The monoisotopic (exact) mass is 465 g/mol. The van der Waals surface area contributed by atoms with Gasteiger partial charge in [0, 0.05) is 47.2 Å². The predicted molar refractivity (Wildman–Crippen MR) is 124 cm³/mol. The smallest absolute Gasteiger partial charge is 0.255 e. The number of fused-ring (bicyclic) bond motifs is 1. The second-order valence-electron chi connectivity index (χ2n) is 7.08. The summed E-state index contributed by atoms with van der Waals surface area (Å²) in [5.74, 6) is -0.498. The highest BCUT2D eigenvalue weighted by Gasteiger charge is 2.15. The zero-order chi connectivity index (χ0) is 23.2. The molecule has 0 saturated carbocycles. The number of nitrogens with one attached hydrogen (secondary N) is 2. The zero-order valence-corrected chi connectivity index (χ0v) is 18.2. The molecule has 7 nitrogen and oxygen atoms in total. The summed E-state index contributed by atoms with van der Waals surface area (Å²) in [4.78, 5) is 28.8. The number of rotatable bonds is 8. The van der Waals surface area contributed by atoms with Crippen molar-refractivity contribution >= 4 is 38.9 Å². The van der Waals surface area contributed by atoms with Gasteiger partial charge in [0.15, 0.2) is 0 Å². The first kappa shape index (κ1) is 22.4. The van der Waals surface area contributed by atoms with E-state index in [1.54, 1.807) is 30.5 Å². The van der Waals surface area contributed by atoms with Crippen molar-refractivity contribution in [3.05, 3.63) is 88.8 Å². The molecule has 0 aliphatic carbocycles. The third-order valence-corrected chi connectivity index (χ3v) is 5.87. The fourth-order valence-electron chi connectivity index (χ4n) is 3.17. The third-order valence-electron chi connectivity index (χ3n) is 4.80. The van der Waals surface area contributed by atoms with Crippen LogP contribution in [0.5, 0.6) is 5.75 Å². The van der Waals surface area contributed by atoms with Gasteiger partial charge in [0.05, 0.1) is 16.9 Å². The molecule has 2 amide bonds. The molecule has 0 spiro atoms. The van der Waals surface area contributed by atoms with E-state index in [0.717, 1.165) is 15.6 Å². The highest BCUT2D eigenvalue weighted by Crippen LogP contribution is 2.29. The van der Waals surface area contributed by atoms with Gasteiger partial charge in [-0.15, -0.1) is 11.3 Å². The average Bonchev–Trinajstić information content (AvgIpc) is 3.25. The van der Waals surface area contributed by atoms with Crippen LogP contribution in [0.15, 0.2) is 66.3 Å². The summed E-state index contributed by atoms with van der Waals surface area (Å²) >= 11 is 1.42. The molecule has 2 aromatic carbocycles. The number of aromatic nitrogens is 1. The molecule has 2 heterocycles. The van der Waals surface area contributed by atoms with Gasteiger partial charge in [-0.2, -0.15) is 0 Å². The maximum absolute atomic E-state index is 13.1. The van der Waals surface area contributed by atoms with E-state index in [1.807, 2.05) is 5.38 Å². The zero-order valence-electron chi connectivity index (χ0n) is 17.4. The molecule has 3 N–H and O–H groups in total. The van der Waals surface area contributed by atoms with Crippen molar-refractivity contribution in [1.82, 2.24) is 10.3 Å². The standard InChI is InChI=1S/C24H20FN3O4S/c25-17-6-4-15(5-7-17)23(30)28-18-2-1-3-19(10-18)32-13-16-14-33-22-20(16)11-26-12-21(22)24(31)27-8-9-29/h1-7,10-12,14,29H,8-9,13H2,(H,27,31)(H,28,30). The SMILES string of the molecule is O=C(Nc1cccc(OCc2csc3c(C(=O)NCCO)cncc23)c1)c1ccc(F)cc1. The van der Waals surface area contributed by atoms with Gasteiger partial charge in [0.25, 0.3) is 11.8 Å². The number of aliphatic hydroxyl groups is 1. The second-order valence-corrected chi connectivity index (χ2v) is 7.96. The maximum atomic E-state index is 13.1. The van der Waals surface area contributed by atoms with Crippen molar-refractivity contribution in [2.45, 2.75) is 6.61 Å². The van der Waals surface area contributed by atoms with E-state index in [1.165, 1.54) is 41.8 Å². The lowest BCUT2D eigenvalue weighted by Gasteiger charge is -2.09. The van der Waals surface area contributed by atoms with E-state index >= 15 is 0 Å². The summed E-state index contributed by atoms with van der Waals surface area (Å²) in [5.41, 5.74) is 2.21. The number of carbonyl (C=O) groups excluding carboxylic acids is 2. The summed E-state index contributed by atoms with van der Waals surface area (Å²) < 4.78 is 19.8. The number of aliphatic hydroxyl groups excluding tert-OH is 1. The molecule has 0 unspecified atom stereocenters. The highest BCUT2D eigenvalue weighted by molar-refractivity contribution is 7.17. The fraction of sp³-hybridized carbons (Fsp3) is 0.125. The van der Waals surface area contributed by atoms with Crippen LogP contribution in [0.2, 0.25) is 0 Å². The van der Waals surface area contributed by atoms with Crippen LogP contribution in [0.3, 0.4) is 0 Å². The number of thiophene rings is 1. The van der Waals surface area contributed by atoms with Crippen LogP contribution in [0.1, 0.15) is 26.3 Å². The Morgan fingerprint density at radius 3 is 2.70 bits per heavy atom. The van der Waals surface area contributed by atoms with Gasteiger partial charge in [-0.3, -0.25) is 14.6 Å². The molecule has 0 bridgehead atoms. The molecular weight excluding hydrogens is 445 g/mol. The van der Waals surface area contributed by atoms with Gasteiger partial charge in [0.1, 0.15) is 18.2 Å². The van der Waals surface area contributed by atoms with E-state index in [0.29, 0.717) is 22.6 Å². The summed E-state index contributed by atoms with van der Waals surface area (Å²) in [6.07, 6.45) is 3.19. The quantitative estimate of drug-likeness (QED) is 0.365. The van der Waals surface area contributed by atoms with Crippen LogP contribution in [0, 0.1) is 5.82 Å². The van der Waals surface area contributed by atoms with Crippen molar-refractivity contribution in [3.8, 4) is 5.75 Å². The Kier molecular flexibility index (Phi) is 6.92. The molecule has 4 rings (SSSR count). The molecule has 0 aliphatic heterocycles. The summed E-state index contributed by atoms with van der Waals surface area (Å²) in [6.45, 7) is 0.283. The number of hydrogen-bond donors (Lipinski definition) is 3. The Bertz CT molecular complexity index is 1290. The van der Waals surface area contributed by atoms with Crippen LogP contribution in [0.25, 0.3) is 10.1 Å². The maximum Gasteiger partial charge on any atom is 0.255 e. The molecule has 168 valence electrons. The van der Waals surface area contributed by atoms with Gasteiger partial charge in [-0.25, -0.2) is 4.39 Å². The minimum atomic E-state index is -0.406.